The minimum Gasteiger partial charge on any atom is -0.398 e. The molecule has 0 aliphatic rings. The van der Waals surface area contributed by atoms with E-state index in [1.165, 1.54) is 18.2 Å². The van der Waals surface area contributed by atoms with Gasteiger partial charge in [0.1, 0.15) is 0 Å². The summed E-state index contributed by atoms with van der Waals surface area (Å²) >= 11 is 5.79. The van der Waals surface area contributed by atoms with E-state index < -0.39 is 17.5 Å². The minimum absolute atomic E-state index is 0.0575. The van der Waals surface area contributed by atoms with Crippen molar-refractivity contribution in [3.05, 3.63) is 64.2 Å². The highest BCUT2D eigenvalue weighted by atomic mass is 35.5. The van der Waals surface area contributed by atoms with Crippen LogP contribution in [-0.2, 0) is 6.54 Å². The maximum absolute atomic E-state index is 13.0. The fourth-order valence-electron chi connectivity index (χ4n) is 1.65. The number of nitrogen functional groups attached to an aromatic ring is 1. The molecule has 20 heavy (non-hydrogen) atoms. The van der Waals surface area contributed by atoms with E-state index in [0.29, 0.717) is 10.6 Å². The molecular formula is C14H11ClF2N2O. The molecule has 3 nitrogen and oxygen atoms in total. The average molecular weight is 297 g/mol. The van der Waals surface area contributed by atoms with Crippen LogP contribution in [0.3, 0.4) is 0 Å². The maximum atomic E-state index is 13.0. The van der Waals surface area contributed by atoms with E-state index in [4.69, 9.17) is 17.3 Å². The molecule has 2 rings (SSSR count). The number of carbonyl (C=O) groups is 1. The summed E-state index contributed by atoms with van der Waals surface area (Å²) in [5, 5.41) is 2.95. The van der Waals surface area contributed by atoms with Gasteiger partial charge in [-0.1, -0.05) is 17.7 Å². The minimum atomic E-state index is -0.959. The normalized spacial score (nSPS) is 10.3. The van der Waals surface area contributed by atoms with Crippen LogP contribution in [0, 0.1) is 11.6 Å². The first kappa shape index (κ1) is 14.3. The zero-order chi connectivity index (χ0) is 14.7. The molecule has 104 valence electrons. The van der Waals surface area contributed by atoms with Crippen LogP contribution >= 0.6 is 11.6 Å². The Morgan fingerprint density at radius 2 is 1.90 bits per heavy atom. The Hall–Kier alpha value is -2.14. The Balaban J connectivity index is 2.08. The average Bonchev–Trinajstić information content (AvgIpc) is 2.42. The third-order valence-electron chi connectivity index (χ3n) is 2.70. The monoisotopic (exact) mass is 296 g/mol. The molecular weight excluding hydrogens is 286 g/mol. The van der Waals surface area contributed by atoms with E-state index in [9.17, 15) is 13.6 Å². The zero-order valence-corrected chi connectivity index (χ0v) is 11.0. The van der Waals surface area contributed by atoms with Crippen LogP contribution in [-0.4, -0.2) is 5.91 Å². The lowest BCUT2D eigenvalue weighted by atomic mass is 10.1. The van der Waals surface area contributed by atoms with E-state index in [2.05, 4.69) is 5.32 Å². The Morgan fingerprint density at radius 1 is 1.15 bits per heavy atom. The Kier molecular flexibility index (Phi) is 4.20. The topological polar surface area (TPSA) is 55.1 Å². The summed E-state index contributed by atoms with van der Waals surface area (Å²) in [5.74, 6) is -2.33. The number of amides is 1. The van der Waals surface area contributed by atoms with Crippen LogP contribution in [0.5, 0.6) is 0 Å². The summed E-state index contributed by atoms with van der Waals surface area (Å²) in [5.41, 5.74) is 6.64. The van der Waals surface area contributed by atoms with Crippen LogP contribution in [0.1, 0.15) is 15.9 Å². The smallest absolute Gasteiger partial charge is 0.253 e. The lowest BCUT2D eigenvalue weighted by Gasteiger charge is -2.08. The molecule has 0 fully saturated rings. The number of benzene rings is 2. The molecule has 0 aliphatic heterocycles. The van der Waals surface area contributed by atoms with Crippen molar-refractivity contribution in [3.8, 4) is 0 Å². The summed E-state index contributed by atoms with van der Waals surface area (Å²) < 4.78 is 25.8. The van der Waals surface area contributed by atoms with Gasteiger partial charge in [0.25, 0.3) is 5.91 Å². The van der Waals surface area contributed by atoms with Crippen LogP contribution in [0.2, 0.25) is 5.02 Å². The lowest BCUT2D eigenvalue weighted by Crippen LogP contribution is -2.23. The standard InChI is InChI=1S/C14H11ClF2N2O/c15-9-2-4-13(18)10(6-9)14(20)19-7-8-1-3-11(16)12(17)5-8/h1-6H,7,18H2,(H,19,20). The summed E-state index contributed by atoms with van der Waals surface area (Å²) in [6, 6.07) is 7.96. The quantitative estimate of drug-likeness (QED) is 0.855. The summed E-state index contributed by atoms with van der Waals surface area (Å²) in [7, 11) is 0. The molecule has 0 aliphatic carbocycles. The van der Waals surface area contributed by atoms with Crippen molar-refractivity contribution in [2.75, 3.05) is 5.73 Å². The first-order chi connectivity index (χ1) is 9.47. The van der Waals surface area contributed by atoms with Crippen molar-refractivity contribution in [2.24, 2.45) is 0 Å². The summed E-state index contributed by atoms with van der Waals surface area (Å²) in [4.78, 5) is 11.9. The molecule has 0 aromatic heterocycles. The predicted molar refractivity (Wildman–Crippen MR) is 73.4 cm³/mol. The van der Waals surface area contributed by atoms with Gasteiger partial charge in [-0.05, 0) is 35.9 Å². The fraction of sp³-hybridized carbons (Fsp3) is 0.0714. The second-order valence-electron chi connectivity index (χ2n) is 4.16. The summed E-state index contributed by atoms with van der Waals surface area (Å²) in [6.07, 6.45) is 0. The Morgan fingerprint density at radius 3 is 2.60 bits per heavy atom. The Bertz CT molecular complexity index is 662. The third-order valence-corrected chi connectivity index (χ3v) is 2.93. The number of anilines is 1. The van der Waals surface area contributed by atoms with E-state index >= 15 is 0 Å². The molecule has 3 N–H and O–H groups in total. The van der Waals surface area contributed by atoms with Crippen molar-refractivity contribution in [3.63, 3.8) is 0 Å². The van der Waals surface area contributed by atoms with Crippen LogP contribution in [0.25, 0.3) is 0 Å². The van der Waals surface area contributed by atoms with Gasteiger partial charge in [0.15, 0.2) is 11.6 Å². The molecule has 0 saturated heterocycles. The first-order valence-corrected chi connectivity index (χ1v) is 6.12. The van der Waals surface area contributed by atoms with E-state index in [1.54, 1.807) is 6.07 Å². The summed E-state index contributed by atoms with van der Waals surface area (Å²) in [6.45, 7) is 0.0575. The molecule has 0 atom stereocenters. The SMILES string of the molecule is Nc1ccc(Cl)cc1C(=O)NCc1ccc(F)c(F)c1. The van der Waals surface area contributed by atoms with Crippen molar-refractivity contribution >= 4 is 23.2 Å². The fourth-order valence-corrected chi connectivity index (χ4v) is 1.82. The molecule has 0 unspecified atom stereocenters. The van der Waals surface area contributed by atoms with Crippen LogP contribution < -0.4 is 11.1 Å². The lowest BCUT2D eigenvalue weighted by molar-refractivity contribution is 0.0951. The molecule has 6 heteroatoms. The van der Waals surface area contributed by atoms with Gasteiger partial charge in [-0.3, -0.25) is 4.79 Å². The largest absolute Gasteiger partial charge is 0.398 e. The maximum Gasteiger partial charge on any atom is 0.253 e. The van der Waals surface area contributed by atoms with E-state index in [0.717, 1.165) is 12.1 Å². The van der Waals surface area contributed by atoms with Crippen LogP contribution in [0.15, 0.2) is 36.4 Å². The molecule has 0 saturated carbocycles. The van der Waals surface area contributed by atoms with Crippen LogP contribution in [0.4, 0.5) is 14.5 Å². The molecule has 2 aromatic rings. The van der Waals surface area contributed by atoms with Gasteiger partial charge >= 0.3 is 0 Å². The van der Waals surface area contributed by atoms with Crippen molar-refractivity contribution < 1.29 is 13.6 Å². The van der Waals surface area contributed by atoms with E-state index in [1.807, 2.05) is 0 Å². The molecule has 1 amide bonds. The molecule has 0 heterocycles. The number of halogens is 3. The third kappa shape index (κ3) is 3.24. The number of carbonyl (C=O) groups excluding carboxylic acids is 1. The van der Waals surface area contributed by atoms with Gasteiger partial charge < -0.3 is 11.1 Å². The zero-order valence-electron chi connectivity index (χ0n) is 10.3. The predicted octanol–water partition coefficient (Wildman–Crippen LogP) is 3.13. The number of nitrogens with two attached hydrogens (primary N) is 1. The molecule has 0 spiro atoms. The number of hydrogen-bond acceptors (Lipinski definition) is 2. The van der Waals surface area contributed by atoms with Crippen molar-refractivity contribution in [1.82, 2.24) is 5.32 Å². The van der Waals surface area contributed by atoms with Gasteiger partial charge in [-0.15, -0.1) is 0 Å². The van der Waals surface area contributed by atoms with Gasteiger partial charge in [0, 0.05) is 17.3 Å². The molecule has 0 radical (unpaired) electrons. The molecule has 0 bridgehead atoms. The molecule has 2 aromatic carbocycles. The van der Waals surface area contributed by atoms with Gasteiger partial charge in [0.05, 0.1) is 5.56 Å². The first-order valence-electron chi connectivity index (χ1n) is 5.74. The number of hydrogen-bond donors (Lipinski definition) is 2. The second-order valence-corrected chi connectivity index (χ2v) is 4.60. The van der Waals surface area contributed by atoms with Crippen molar-refractivity contribution in [2.45, 2.75) is 6.54 Å². The van der Waals surface area contributed by atoms with Gasteiger partial charge in [-0.2, -0.15) is 0 Å². The number of nitrogens with one attached hydrogen (secondary N) is 1. The highest BCUT2D eigenvalue weighted by Gasteiger charge is 2.10. The van der Waals surface area contributed by atoms with E-state index in [-0.39, 0.29) is 17.8 Å². The highest BCUT2D eigenvalue weighted by Crippen LogP contribution is 2.18. The van der Waals surface area contributed by atoms with Crippen molar-refractivity contribution in [1.29, 1.82) is 0 Å². The van der Waals surface area contributed by atoms with Gasteiger partial charge in [-0.25, -0.2) is 8.78 Å². The second kappa shape index (κ2) is 5.88. The number of rotatable bonds is 3. The highest BCUT2D eigenvalue weighted by molar-refractivity contribution is 6.31. The van der Waals surface area contributed by atoms with Gasteiger partial charge in [0.2, 0.25) is 0 Å². The Labute approximate surface area is 119 Å².